The molecule has 0 atom stereocenters. The first-order chi connectivity index (χ1) is 29.2. The summed E-state index contributed by atoms with van der Waals surface area (Å²) >= 11 is 0. The molecular weight excluding hydrogens is 711 g/mol. The summed E-state index contributed by atoms with van der Waals surface area (Å²) in [5, 5.41) is 10.0. The normalized spacial score (nSPS) is 11.4. The van der Waals surface area contributed by atoms with Gasteiger partial charge in [0.15, 0.2) is 0 Å². The lowest BCUT2D eigenvalue weighted by Crippen LogP contribution is -2.11. The second kappa shape index (κ2) is 14.6. The molecule has 0 bridgehead atoms. The van der Waals surface area contributed by atoms with E-state index in [9.17, 15) is 0 Å². The summed E-state index contributed by atoms with van der Waals surface area (Å²) in [6.07, 6.45) is 0. The molecular formula is C58H39N. The molecule has 0 aliphatic carbocycles. The van der Waals surface area contributed by atoms with Crippen LogP contribution in [0.15, 0.2) is 237 Å². The van der Waals surface area contributed by atoms with Gasteiger partial charge in [0.05, 0.1) is 5.69 Å². The second-order valence-electron chi connectivity index (χ2n) is 15.3. The van der Waals surface area contributed by atoms with Crippen molar-refractivity contribution >= 4 is 60.2 Å². The highest BCUT2D eigenvalue weighted by molar-refractivity contribution is 6.14. The van der Waals surface area contributed by atoms with E-state index >= 15 is 0 Å². The molecule has 0 aliphatic rings. The Balaban J connectivity index is 1.13. The molecule has 0 aliphatic heterocycles. The minimum absolute atomic E-state index is 1.08. The van der Waals surface area contributed by atoms with Crippen LogP contribution in [0.1, 0.15) is 0 Å². The zero-order valence-electron chi connectivity index (χ0n) is 32.5. The minimum atomic E-state index is 1.08. The highest BCUT2D eigenvalue weighted by Crippen LogP contribution is 2.45. The Morgan fingerprint density at radius 3 is 1.63 bits per heavy atom. The van der Waals surface area contributed by atoms with Crippen LogP contribution >= 0.6 is 0 Å². The molecule has 1 nitrogen and oxygen atoms in total. The number of fused-ring (bicyclic) bond motifs is 5. The van der Waals surface area contributed by atoms with E-state index in [1.54, 1.807) is 0 Å². The van der Waals surface area contributed by atoms with E-state index < -0.39 is 0 Å². The number of benzene rings is 11. The first-order valence-corrected chi connectivity index (χ1v) is 20.3. The maximum atomic E-state index is 2.45. The van der Waals surface area contributed by atoms with E-state index in [1.165, 1.54) is 82.0 Å². The molecule has 0 saturated carbocycles. The van der Waals surface area contributed by atoms with Gasteiger partial charge in [0.2, 0.25) is 0 Å². The first kappa shape index (κ1) is 34.5. The molecule has 0 N–H and O–H groups in total. The summed E-state index contributed by atoms with van der Waals surface area (Å²) < 4.78 is 0. The van der Waals surface area contributed by atoms with E-state index in [0.717, 1.165) is 22.6 Å². The summed E-state index contributed by atoms with van der Waals surface area (Å²) in [5.74, 6) is 0. The maximum absolute atomic E-state index is 2.45. The van der Waals surface area contributed by atoms with Crippen molar-refractivity contribution in [2.45, 2.75) is 0 Å². The fourth-order valence-corrected chi connectivity index (χ4v) is 8.93. The van der Waals surface area contributed by atoms with Gasteiger partial charge in [0.25, 0.3) is 0 Å². The molecule has 11 aromatic rings. The lowest BCUT2D eigenvalue weighted by molar-refractivity contribution is 1.28. The van der Waals surface area contributed by atoms with Gasteiger partial charge in [-0.3, -0.25) is 0 Å². The average molecular weight is 750 g/mol. The predicted octanol–water partition coefficient (Wildman–Crippen LogP) is 16.4. The van der Waals surface area contributed by atoms with Crippen LogP contribution in [-0.2, 0) is 0 Å². The van der Waals surface area contributed by atoms with Crippen molar-refractivity contribution in [2.75, 3.05) is 4.90 Å². The van der Waals surface area contributed by atoms with Crippen molar-refractivity contribution in [2.24, 2.45) is 0 Å². The number of hydrogen-bond acceptors (Lipinski definition) is 1. The number of nitrogens with zero attached hydrogens (tertiary/aromatic N) is 1. The lowest BCUT2D eigenvalue weighted by Gasteiger charge is -2.29. The highest BCUT2D eigenvalue weighted by Gasteiger charge is 2.20. The largest absolute Gasteiger partial charge is 0.310 e. The SMILES string of the molecule is c1ccc(-c2ccc(-c3cccc4ccccc34)cc2N(c2ccc(-c3cc4ccccc4c4ccccc34)cc2)c2cccc(-c3ccc4ccccc4c3)c2)cc1. The number of hydrogen-bond donors (Lipinski definition) is 0. The molecule has 276 valence electrons. The van der Waals surface area contributed by atoms with Crippen molar-refractivity contribution < 1.29 is 0 Å². The van der Waals surface area contributed by atoms with Crippen LogP contribution in [0.3, 0.4) is 0 Å². The summed E-state index contributed by atoms with van der Waals surface area (Å²) in [5.41, 5.74) is 12.8. The van der Waals surface area contributed by atoms with Gasteiger partial charge in [-0.05, 0) is 124 Å². The molecule has 59 heavy (non-hydrogen) atoms. The van der Waals surface area contributed by atoms with Gasteiger partial charge in [0.1, 0.15) is 0 Å². The zero-order chi connectivity index (χ0) is 39.1. The van der Waals surface area contributed by atoms with E-state index in [-0.39, 0.29) is 0 Å². The van der Waals surface area contributed by atoms with Crippen molar-refractivity contribution in [3.63, 3.8) is 0 Å². The van der Waals surface area contributed by atoms with Crippen LogP contribution in [0, 0.1) is 0 Å². The fourth-order valence-electron chi connectivity index (χ4n) is 8.93. The summed E-state index contributed by atoms with van der Waals surface area (Å²) in [4.78, 5) is 2.45. The first-order valence-electron chi connectivity index (χ1n) is 20.3. The molecule has 0 amide bonds. The van der Waals surface area contributed by atoms with Crippen molar-refractivity contribution in [3.8, 4) is 44.5 Å². The Bertz CT molecular complexity index is 3320. The molecule has 0 fully saturated rings. The van der Waals surface area contributed by atoms with Gasteiger partial charge in [-0.1, -0.05) is 194 Å². The van der Waals surface area contributed by atoms with Gasteiger partial charge in [0, 0.05) is 16.9 Å². The topological polar surface area (TPSA) is 3.24 Å². The molecule has 0 aromatic heterocycles. The average Bonchev–Trinajstić information content (AvgIpc) is 3.31. The molecule has 0 saturated heterocycles. The Morgan fingerprint density at radius 1 is 0.220 bits per heavy atom. The van der Waals surface area contributed by atoms with Gasteiger partial charge < -0.3 is 4.90 Å². The van der Waals surface area contributed by atoms with Gasteiger partial charge >= 0.3 is 0 Å². The van der Waals surface area contributed by atoms with Gasteiger partial charge in [-0.15, -0.1) is 0 Å². The third kappa shape index (κ3) is 6.30. The quantitative estimate of drug-likeness (QED) is 0.147. The monoisotopic (exact) mass is 749 g/mol. The predicted molar refractivity (Wildman–Crippen MR) is 253 cm³/mol. The minimum Gasteiger partial charge on any atom is -0.310 e. The summed E-state index contributed by atoms with van der Waals surface area (Å²) in [7, 11) is 0. The Kier molecular flexibility index (Phi) is 8.56. The standard InChI is InChI=1S/C58H39N/c1-2-15-42(16-3-1)54-35-32-48(52-27-13-20-41-17-6-8-23-51(41)52)39-58(54)59(50-22-12-21-45(37-50)46-29-28-40-14-4-5-18-44(40)36-46)49-33-30-43(31-34-49)57-38-47-19-7-9-24-53(47)55-25-10-11-26-56(55)57/h1-39H. The Hall–Kier alpha value is -7.74. The second-order valence-corrected chi connectivity index (χ2v) is 15.3. The van der Waals surface area contributed by atoms with Gasteiger partial charge in [-0.2, -0.15) is 0 Å². The molecule has 0 unspecified atom stereocenters. The number of rotatable bonds is 7. The highest BCUT2D eigenvalue weighted by atomic mass is 15.1. The van der Waals surface area contributed by atoms with Crippen LogP contribution in [0.25, 0.3) is 87.6 Å². The molecule has 0 heterocycles. The lowest BCUT2D eigenvalue weighted by atomic mass is 9.92. The third-order valence-corrected chi connectivity index (χ3v) is 11.8. The van der Waals surface area contributed by atoms with E-state index in [0.29, 0.717) is 0 Å². The number of anilines is 3. The van der Waals surface area contributed by atoms with Crippen LogP contribution < -0.4 is 4.90 Å². The van der Waals surface area contributed by atoms with E-state index in [2.05, 4.69) is 241 Å². The van der Waals surface area contributed by atoms with Crippen LogP contribution in [0.5, 0.6) is 0 Å². The summed E-state index contributed by atoms with van der Waals surface area (Å²) in [6.45, 7) is 0. The van der Waals surface area contributed by atoms with Crippen molar-refractivity contribution in [1.82, 2.24) is 0 Å². The fraction of sp³-hybridized carbons (Fsp3) is 0. The summed E-state index contributed by atoms with van der Waals surface area (Å²) in [6, 6.07) is 86.4. The molecule has 11 rings (SSSR count). The van der Waals surface area contributed by atoms with Gasteiger partial charge in [-0.25, -0.2) is 0 Å². The van der Waals surface area contributed by atoms with Crippen LogP contribution in [0.2, 0.25) is 0 Å². The molecule has 0 spiro atoms. The third-order valence-electron chi connectivity index (χ3n) is 11.8. The van der Waals surface area contributed by atoms with Crippen LogP contribution in [0.4, 0.5) is 17.1 Å². The van der Waals surface area contributed by atoms with Crippen molar-refractivity contribution in [3.05, 3.63) is 237 Å². The Labute approximate surface area is 344 Å². The maximum Gasteiger partial charge on any atom is 0.0546 e. The zero-order valence-corrected chi connectivity index (χ0v) is 32.5. The van der Waals surface area contributed by atoms with E-state index in [4.69, 9.17) is 0 Å². The smallest absolute Gasteiger partial charge is 0.0546 e. The van der Waals surface area contributed by atoms with Crippen molar-refractivity contribution in [1.29, 1.82) is 0 Å². The molecule has 1 heteroatoms. The molecule has 11 aromatic carbocycles. The molecule has 0 radical (unpaired) electrons. The van der Waals surface area contributed by atoms with Crippen LogP contribution in [-0.4, -0.2) is 0 Å². The van der Waals surface area contributed by atoms with E-state index in [1.807, 2.05) is 0 Å². The Morgan fingerprint density at radius 2 is 0.797 bits per heavy atom.